The summed E-state index contributed by atoms with van der Waals surface area (Å²) in [7, 11) is 2.92. The predicted molar refractivity (Wildman–Crippen MR) is 86.5 cm³/mol. The van der Waals surface area contributed by atoms with Crippen LogP contribution in [0.3, 0.4) is 0 Å². The van der Waals surface area contributed by atoms with E-state index in [2.05, 4.69) is 9.97 Å². The van der Waals surface area contributed by atoms with Crippen molar-refractivity contribution in [3.63, 3.8) is 0 Å². The third-order valence-electron chi connectivity index (χ3n) is 3.66. The third-order valence-corrected chi connectivity index (χ3v) is 3.66. The van der Waals surface area contributed by atoms with Gasteiger partial charge in [0.1, 0.15) is 17.0 Å². The molecule has 2 aromatic heterocycles. The summed E-state index contributed by atoms with van der Waals surface area (Å²) >= 11 is 0. The molecule has 0 radical (unpaired) electrons. The van der Waals surface area contributed by atoms with E-state index < -0.39 is 5.97 Å². The Bertz CT molecular complexity index is 856. The lowest BCUT2D eigenvalue weighted by Crippen LogP contribution is -2.03. The zero-order valence-electron chi connectivity index (χ0n) is 13.2. The van der Waals surface area contributed by atoms with Crippen molar-refractivity contribution in [3.8, 4) is 17.3 Å². The van der Waals surface area contributed by atoms with Gasteiger partial charge in [0.2, 0.25) is 0 Å². The maximum atomic E-state index is 11.8. The molecule has 6 nitrogen and oxygen atoms in total. The summed E-state index contributed by atoms with van der Waals surface area (Å²) < 4.78 is 12.3. The number of carbonyl (C=O) groups excluding carboxylic acids is 1. The number of pyridine rings is 1. The van der Waals surface area contributed by atoms with Crippen LogP contribution in [0, 0.1) is 0 Å². The van der Waals surface area contributed by atoms with Crippen LogP contribution in [0.15, 0.2) is 36.5 Å². The second kappa shape index (κ2) is 6.08. The van der Waals surface area contributed by atoms with Crippen molar-refractivity contribution in [1.29, 1.82) is 0 Å². The zero-order chi connectivity index (χ0) is 16.4. The maximum Gasteiger partial charge on any atom is 0.338 e. The van der Waals surface area contributed by atoms with Crippen LogP contribution < -0.4 is 4.74 Å². The molecule has 1 aromatic carbocycles. The first-order chi connectivity index (χ1) is 11.2. The molecule has 0 aliphatic carbocycles. The van der Waals surface area contributed by atoms with Crippen molar-refractivity contribution in [2.75, 3.05) is 14.2 Å². The Morgan fingerprint density at radius 2 is 2.09 bits per heavy atom. The summed E-state index contributed by atoms with van der Waals surface area (Å²) in [5.41, 5.74) is 2.69. The van der Waals surface area contributed by atoms with Crippen molar-refractivity contribution in [2.45, 2.75) is 13.5 Å². The van der Waals surface area contributed by atoms with E-state index in [1.807, 2.05) is 29.7 Å². The van der Waals surface area contributed by atoms with E-state index >= 15 is 0 Å². The summed E-state index contributed by atoms with van der Waals surface area (Å²) in [6, 6.07) is 9.06. The van der Waals surface area contributed by atoms with Gasteiger partial charge in [0, 0.05) is 12.7 Å². The quantitative estimate of drug-likeness (QED) is 0.693. The first-order valence-corrected chi connectivity index (χ1v) is 7.27. The Hall–Kier alpha value is -2.89. The van der Waals surface area contributed by atoms with Gasteiger partial charge in [-0.25, -0.2) is 9.78 Å². The summed E-state index contributed by atoms with van der Waals surface area (Å²) in [6.07, 6.45) is 1.73. The van der Waals surface area contributed by atoms with Crippen molar-refractivity contribution >= 4 is 17.0 Å². The SMILES string of the molecule is CCn1c(-c2ccccn2)nc2cc(C(=O)OC)cc(OC)c21. The fourth-order valence-electron chi connectivity index (χ4n) is 2.62. The highest BCUT2D eigenvalue weighted by atomic mass is 16.5. The minimum absolute atomic E-state index is 0.408. The molecule has 3 aromatic rings. The Morgan fingerprint density at radius 1 is 1.26 bits per heavy atom. The number of hydrogen-bond acceptors (Lipinski definition) is 5. The van der Waals surface area contributed by atoms with E-state index in [1.165, 1.54) is 7.11 Å². The topological polar surface area (TPSA) is 66.2 Å². The first kappa shape index (κ1) is 15.0. The van der Waals surface area contributed by atoms with Crippen LogP contribution in [-0.4, -0.2) is 34.7 Å². The zero-order valence-corrected chi connectivity index (χ0v) is 13.2. The Balaban J connectivity index is 2.30. The van der Waals surface area contributed by atoms with E-state index in [1.54, 1.807) is 25.4 Å². The number of benzene rings is 1. The molecule has 0 saturated carbocycles. The molecule has 0 bridgehead atoms. The molecule has 2 heterocycles. The molecule has 3 rings (SSSR count). The molecule has 0 unspecified atom stereocenters. The van der Waals surface area contributed by atoms with Gasteiger partial charge in [-0.2, -0.15) is 0 Å². The molecular weight excluding hydrogens is 294 g/mol. The number of methoxy groups -OCH3 is 2. The molecule has 0 atom stereocenters. The average molecular weight is 311 g/mol. The van der Waals surface area contributed by atoms with Crippen LogP contribution in [0.2, 0.25) is 0 Å². The van der Waals surface area contributed by atoms with Gasteiger partial charge in [0.15, 0.2) is 5.82 Å². The van der Waals surface area contributed by atoms with Crippen LogP contribution in [0.25, 0.3) is 22.6 Å². The van der Waals surface area contributed by atoms with Crippen LogP contribution in [0.1, 0.15) is 17.3 Å². The fourth-order valence-corrected chi connectivity index (χ4v) is 2.62. The molecule has 118 valence electrons. The minimum atomic E-state index is -0.421. The van der Waals surface area contributed by atoms with Crippen LogP contribution in [0.4, 0.5) is 0 Å². The Morgan fingerprint density at radius 3 is 2.70 bits per heavy atom. The molecule has 0 aliphatic rings. The number of aryl methyl sites for hydroxylation is 1. The average Bonchev–Trinajstić information content (AvgIpc) is 2.99. The van der Waals surface area contributed by atoms with Gasteiger partial charge in [-0.1, -0.05) is 6.07 Å². The summed E-state index contributed by atoms with van der Waals surface area (Å²) in [5, 5.41) is 0. The highest BCUT2D eigenvalue weighted by molar-refractivity contribution is 5.97. The van der Waals surface area contributed by atoms with Crippen molar-refractivity contribution in [1.82, 2.24) is 14.5 Å². The smallest absolute Gasteiger partial charge is 0.338 e. The molecule has 6 heteroatoms. The van der Waals surface area contributed by atoms with Gasteiger partial charge >= 0.3 is 5.97 Å². The highest BCUT2D eigenvalue weighted by Gasteiger charge is 2.19. The Kier molecular flexibility index (Phi) is 3.97. The number of fused-ring (bicyclic) bond motifs is 1. The summed E-state index contributed by atoms with van der Waals surface area (Å²) in [4.78, 5) is 20.9. The first-order valence-electron chi connectivity index (χ1n) is 7.27. The standard InChI is InChI=1S/C17H17N3O3/c1-4-20-15-13(19-16(20)12-7-5-6-8-18-12)9-11(17(21)23-3)10-14(15)22-2/h5-10H,4H2,1-3H3. The van der Waals surface area contributed by atoms with Gasteiger partial charge < -0.3 is 14.0 Å². The van der Waals surface area contributed by atoms with Crippen molar-refractivity contribution in [2.24, 2.45) is 0 Å². The normalized spacial score (nSPS) is 10.7. The summed E-state index contributed by atoms with van der Waals surface area (Å²) in [5.74, 6) is 0.901. The molecule has 0 amide bonds. The van der Waals surface area contributed by atoms with Gasteiger partial charge in [-0.05, 0) is 31.2 Å². The van der Waals surface area contributed by atoms with E-state index in [4.69, 9.17) is 9.47 Å². The largest absolute Gasteiger partial charge is 0.494 e. The molecule has 0 N–H and O–H groups in total. The maximum absolute atomic E-state index is 11.8. The number of hydrogen-bond donors (Lipinski definition) is 0. The molecule has 0 fully saturated rings. The number of esters is 1. The Labute approximate surface area is 133 Å². The van der Waals surface area contributed by atoms with Crippen molar-refractivity contribution < 1.29 is 14.3 Å². The molecular formula is C17H17N3O3. The fraction of sp³-hybridized carbons (Fsp3) is 0.235. The highest BCUT2D eigenvalue weighted by Crippen LogP contribution is 2.32. The monoisotopic (exact) mass is 311 g/mol. The molecule has 0 saturated heterocycles. The van der Waals surface area contributed by atoms with Gasteiger partial charge in [0.25, 0.3) is 0 Å². The number of imidazole rings is 1. The van der Waals surface area contributed by atoms with E-state index in [0.29, 0.717) is 23.4 Å². The van der Waals surface area contributed by atoms with Crippen LogP contribution in [-0.2, 0) is 11.3 Å². The number of ether oxygens (including phenoxy) is 2. The van der Waals surface area contributed by atoms with Gasteiger partial charge in [0.05, 0.1) is 25.3 Å². The number of rotatable bonds is 4. The molecule has 0 aliphatic heterocycles. The minimum Gasteiger partial charge on any atom is -0.494 e. The van der Waals surface area contributed by atoms with Gasteiger partial charge in [-0.15, -0.1) is 0 Å². The van der Waals surface area contributed by atoms with Crippen molar-refractivity contribution in [3.05, 3.63) is 42.1 Å². The second-order valence-corrected chi connectivity index (χ2v) is 4.93. The third kappa shape index (κ3) is 2.52. The lowest BCUT2D eigenvalue weighted by atomic mass is 10.2. The van der Waals surface area contributed by atoms with E-state index in [9.17, 15) is 4.79 Å². The van der Waals surface area contributed by atoms with E-state index in [0.717, 1.165) is 17.0 Å². The van der Waals surface area contributed by atoms with Crippen LogP contribution in [0.5, 0.6) is 5.75 Å². The van der Waals surface area contributed by atoms with E-state index in [-0.39, 0.29) is 0 Å². The lowest BCUT2D eigenvalue weighted by Gasteiger charge is -2.09. The number of nitrogens with zero attached hydrogens (tertiary/aromatic N) is 3. The lowest BCUT2D eigenvalue weighted by molar-refractivity contribution is 0.0600. The summed E-state index contributed by atoms with van der Waals surface area (Å²) in [6.45, 7) is 2.73. The number of carbonyl (C=O) groups is 1. The predicted octanol–water partition coefficient (Wildman–Crippen LogP) is 2.91. The van der Waals surface area contributed by atoms with Crippen LogP contribution >= 0.6 is 0 Å². The molecule has 0 spiro atoms. The number of aromatic nitrogens is 3. The molecule has 23 heavy (non-hydrogen) atoms. The van der Waals surface area contributed by atoms with Gasteiger partial charge in [-0.3, -0.25) is 4.98 Å². The second-order valence-electron chi connectivity index (χ2n) is 4.93.